The van der Waals surface area contributed by atoms with Crippen LogP contribution in [0.1, 0.15) is 32.7 Å². The molecule has 100 valence electrons. The minimum Gasteiger partial charge on any atom is -0.371 e. The molecule has 1 aliphatic heterocycles. The van der Waals surface area contributed by atoms with E-state index in [1.54, 1.807) is 14.0 Å². The number of hydrogen-bond acceptors (Lipinski definition) is 5. The maximum atomic E-state index is 12.0. The van der Waals surface area contributed by atoms with Gasteiger partial charge in [0.05, 0.1) is 6.04 Å². The zero-order chi connectivity index (χ0) is 13.7. The van der Waals surface area contributed by atoms with Crippen molar-refractivity contribution in [1.29, 1.82) is 0 Å². The predicted octanol–water partition coefficient (Wildman–Crippen LogP) is 1.41. The standard InChI is InChI=1S/C11H18N4O2S/c1-6-7(16)15(10(17)14(6)5)9-13-12-8(18-9)11(2,3)4/h6-7,16H,1-5H3. The van der Waals surface area contributed by atoms with Crippen molar-refractivity contribution >= 4 is 22.5 Å². The van der Waals surface area contributed by atoms with Crippen LogP contribution < -0.4 is 4.90 Å². The van der Waals surface area contributed by atoms with Crippen LogP contribution in [0.3, 0.4) is 0 Å². The molecule has 1 saturated heterocycles. The van der Waals surface area contributed by atoms with E-state index in [1.807, 2.05) is 20.8 Å². The largest absolute Gasteiger partial charge is 0.371 e. The van der Waals surface area contributed by atoms with Crippen LogP contribution in [0, 0.1) is 0 Å². The molecule has 0 saturated carbocycles. The highest BCUT2D eigenvalue weighted by molar-refractivity contribution is 7.15. The minimum absolute atomic E-state index is 0.110. The fourth-order valence-electron chi connectivity index (χ4n) is 1.68. The van der Waals surface area contributed by atoms with Gasteiger partial charge in [-0.2, -0.15) is 0 Å². The summed E-state index contributed by atoms with van der Waals surface area (Å²) in [5, 5.41) is 19.5. The molecule has 2 unspecified atom stereocenters. The van der Waals surface area contributed by atoms with Crippen LogP contribution in [0.2, 0.25) is 0 Å². The summed E-state index contributed by atoms with van der Waals surface area (Å²) in [6.45, 7) is 7.91. The number of aromatic nitrogens is 2. The number of carbonyl (C=O) groups excluding carboxylic acids is 1. The number of aliphatic hydroxyl groups is 1. The van der Waals surface area contributed by atoms with Crippen molar-refractivity contribution in [3.05, 3.63) is 5.01 Å². The summed E-state index contributed by atoms with van der Waals surface area (Å²) >= 11 is 1.34. The molecule has 0 spiro atoms. The summed E-state index contributed by atoms with van der Waals surface area (Å²) in [6, 6.07) is -0.494. The third-order valence-electron chi connectivity index (χ3n) is 3.08. The van der Waals surface area contributed by atoms with Crippen molar-refractivity contribution in [2.24, 2.45) is 0 Å². The number of amides is 2. The Kier molecular flexibility index (Phi) is 3.06. The Labute approximate surface area is 110 Å². The Bertz CT molecular complexity index is 468. The number of likely N-dealkylation sites (N-methyl/N-ethyl adjacent to an activating group) is 1. The van der Waals surface area contributed by atoms with Crippen molar-refractivity contribution in [1.82, 2.24) is 15.1 Å². The molecular formula is C11H18N4O2S. The van der Waals surface area contributed by atoms with Gasteiger partial charge in [-0.1, -0.05) is 32.1 Å². The first-order valence-electron chi connectivity index (χ1n) is 5.81. The van der Waals surface area contributed by atoms with Gasteiger partial charge in [0, 0.05) is 12.5 Å². The number of anilines is 1. The van der Waals surface area contributed by atoms with Crippen LogP contribution >= 0.6 is 11.3 Å². The predicted molar refractivity (Wildman–Crippen MR) is 69.7 cm³/mol. The molecule has 0 bridgehead atoms. The number of carbonyl (C=O) groups is 1. The minimum atomic E-state index is -0.872. The highest BCUT2D eigenvalue weighted by atomic mass is 32.1. The van der Waals surface area contributed by atoms with Crippen molar-refractivity contribution in [2.45, 2.75) is 45.4 Å². The summed E-state index contributed by atoms with van der Waals surface area (Å²) in [5.74, 6) is 0. The van der Waals surface area contributed by atoms with E-state index >= 15 is 0 Å². The molecule has 2 atom stereocenters. The number of aliphatic hydroxyl groups excluding tert-OH is 1. The maximum Gasteiger partial charge on any atom is 0.328 e. The van der Waals surface area contributed by atoms with Gasteiger partial charge in [-0.25, -0.2) is 9.69 Å². The lowest BCUT2D eigenvalue weighted by atomic mass is 9.98. The molecular weight excluding hydrogens is 252 g/mol. The monoisotopic (exact) mass is 270 g/mol. The van der Waals surface area contributed by atoms with Crippen LogP contribution in [0.5, 0.6) is 0 Å². The fraction of sp³-hybridized carbons (Fsp3) is 0.727. The first kappa shape index (κ1) is 13.2. The fourth-order valence-corrected chi connectivity index (χ4v) is 2.61. The molecule has 1 fully saturated rings. The van der Waals surface area contributed by atoms with Crippen molar-refractivity contribution in [3.63, 3.8) is 0 Å². The molecule has 6 nitrogen and oxygen atoms in total. The second-order valence-electron chi connectivity index (χ2n) is 5.56. The Hall–Kier alpha value is -1.21. The van der Waals surface area contributed by atoms with Gasteiger partial charge in [-0.15, -0.1) is 10.2 Å². The summed E-state index contributed by atoms with van der Waals surface area (Å²) in [5.41, 5.74) is -0.110. The van der Waals surface area contributed by atoms with Crippen LogP contribution in [0.25, 0.3) is 0 Å². The molecule has 7 heteroatoms. The van der Waals surface area contributed by atoms with Gasteiger partial charge in [0.15, 0.2) is 6.23 Å². The van der Waals surface area contributed by atoms with Gasteiger partial charge in [0.1, 0.15) is 5.01 Å². The topological polar surface area (TPSA) is 69.6 Å². The molecule has 1 N–H and O–H groups in total. The van der Waals surface area contributed by atoms with E-state index in [0.29, 0.717) is 5.13 Å². The molecule has 2 amide bonds. The summed E-state index contributed by atoms with van der Waals surface area (Å²) < 4.78 is 0. The SMILES string of the molecule is CC1C(O)N(c2nnc(C(C)(C)C)s2)C(=O)N1C. The van der Waals surface area contributed by atoms with Gasteiger partial charge in [-0.3, -0.25) is 0 Å². The normalized spacial score (nSPS) is 25.1. The van der Waals surface area contributed by atoms with Gasteiger partial charge in [-0.05, 0) is 6.92 Å². The van der Waals surface area contributed by atoms with Crippen molar-refractivity contribution in [3.8, 4) is 0 Å². The zero-order valence-corrected chi connectivity index (χ0v) is 12.0. The van der Waals surface area contributed by atoms with E-state index in [9.17, 15) is 9.90 Å². The van der Waals surface area contributed by atoms with E-state index in [4.69, 9.17) is 0 Å². The second-order valence-corrected chi connectivity index (χ2v) is 6.51. The first-order valence-corrected chi connectivity index (χ1v) is 6.63. The third-order valence-corrected chi connectivity index (χ3v) is 4.43. The number of urea groups is 1. The van der Waals surface area contributed by atoms with E-state index < -0.39 is 6.23 Å². The average Bonchev–Trinajstić information content (AvgIpc) is 2.81. The van der Waals surface area contributed by atoms with E-state index in [1.165, 1.54) is 21.1 Å². The lowest BCUT2D eigenvalue weighted by Gasteiger charge is -2.16. The maximum absolute atomic E-state index is 12.0. The Morgan fingerprint density at radius 3 is 2.33 bits per heavy atom. The summed E-state index contributed by atoms with van der Waals surface area (Å²) in [4.78, 5) is 14.8. The Balaban J connectivity index is 2.33. The van der Waals surface area contributed by atoms with Gasteiger partial charge < -0.3 is 10.0 Å². The summed E-state index contributed by atoms with van der Waals surface area (Å²) in [6.07, 6.45) is -0.872. The number of nitrogens with zero attached hydrogens (tertiary/aromatic N) is 4. The molecule has 1 aromatic heterocycles. The van der Waals surface area contributed by atoms with E-state index in [0.717, 1.165) is 5.01 Å². The first-order chi connectivity index (χ1) is 8.23. The highest BCUT2D eigenvalue weighted by Gasteiger charge is 2.43. The molecule has 1 aromatic rings. The highest BCUT2D eigenvalue weighted by Crippen LogP contribution is 2.33. The molecule has 2 rings (SSSR count). The summed E-state index contributed by atoms with van der Waals surface area (Å²) in [7, 11) is 1.67. The lowest BCUT2D eigenvalue weighted by molar-refractivity contribution is 0.138. The number of rotatable bonds is 1. The molecule has 0 aromatic carbocycles. The lowest BCUT2D eigenvalue weighted by Crippen LogP contribution is -2.35. The van der Waals surface area contributed by atoms with Crippen LogP contribution in [-0.4, -0.2) is 45.6 Å². The van der Waals surface area contributed by atoms with Gasteiger partial charge in [0.25, 0.3) is 0 Å². The molecule has 0 aliphatic carbocycles. The molecule has 18 heavy (non-hydrogen) atoms. The van der Waals surface area contributed by atoms with E-state index in [-0.39, 0.29) is 17.5 Å². The van der Waals surface area contributed by atoms with E-state index in [2.05, 4.69) is 10.2 Å². The average molecular weight is 270 g/mol. The molecule has 1 aliphatic rings. The Morgan fingerprint density at radius 2 is 1.94 bits per heavy atom. The Morgan fingerprint density at radius 1 is 1.33 bits per heavy atom. The smallest absolute Gasteiger partial charge is 0.328 e. The molecule has 0 radical (unpaired) electrons. The number of hydrogen-bond donors (Lipinski definition) is 1. The van der Waals surface area contributed by atoms with Crippen LogP contribution in [0.4, 0.5) is 9.93 Å². The van der Waals surface area contributed by atoms with Gasteiger partial charge in [0.2, 0.25) is 5.13 Å². The quantitative estimate of drug-likeness (QED) is 0.837. The van der Waals surface area contributed by atoms with Crippen molar-refractivity contribution in [2.75, 3.05) is 11.9 Å². The molecule has 2 heterocycles. The van der Waals surface area contributed by atoms with Crippen LogP contribution in [0.15, 0.2) is 0 Å². The van der Waals surface area contributed by atoms with Gasteiger partial charge >= 0.3 is 6.03 Å². The van der Waals surface area contributed by atoms with Crippen LogP contribution in [-0.2, 0) is 5.41 Å². The third kappa shape index (κ3) is 1.97. The zero-order valence-electron chi connectivity index (χ0n) is 11.2. The van der Waals surface area contributed by atoms with Crippen molar-refractivity contribution < 1.29 is 9.90 Å². The second kappa shape index (κ2) is 4.17.